The Kier molecular flexibility index (Phi) is 5.81. The molecule has 0 aliphatic carbocycles. The maximum atomic E-state index is 5.99. The summed E-state index contributed by atoms with van der Waals surface area (Å²) in [6.45, 7) is 13.5. The van der Waals surface area contributed by atoms with Crippen molar-refractivity contribution in [3.05, 3.63) is 0 Å². The van der Waals surface area contributed by atoms with E-state index in [9.17, 15) is 0 Å². The summed E-state index contributed by atoms with van der Waals surface area (Å²) in [5.74, 6) is 3.40. The van der Waals surface area contributed by atoms with Crippen molar-refractivity contribution < 1.29 is 0 Å². The van der Waals surface area contributed by atoms with Gasteiger partial charge in [0.25, 0.3) is 0 Å². The summed E-state index contributed by atoms with van der Waals surface area (Å²) < 4.78 is 0. The van der Waals surface area contributed by atoms with Gasteiger partial charge in [0.05, 0.1) is 0 Å². The third kappa shape index (κ3) is 4.15. The molecule has 2 unspecified atom stereocenters. The van der Waals surface area contributed by atoms with E-state index in [0.717, 1.165) is 36.1 Å². The molecule has 0 aromatic carbocycles. The Morgan fingerprint density at radius 3 is 2.24 bits per heavy atom. The van der Waals surface area contributed by atoms with Gasteiger partial charge in [-0.25, -0.2) is 0 Å². The summed E-state index contributed by atoms with van der Waals surface area (Å²) in [4.78, 5) is 0. The molecule has 0 bridgehead atoms. The van der Waals surface area contributed by atoms with Crippen LogP contribution < -0.4 is 11.1 Å². The van der Waals surface area contributed by atoms with Gasteiger partial charge in [0.1, 0.15) is 0 Å². The average Bonchev–Trinajstić information content (AvgIpc) is 2.60. The van der Waals surface area contributed by atoms with E-state index in [-0.39, 0.29) is 5.54 Å². The molecule has 1 saturated heterocycles. The van der Waals surface area contributed by atoms with E-state index in [1.54, 1.807) is 0 Å². The van der Waals surface area contributed by atoms with Gasteiger partial charge in [-0.05, 0) is 30.7 Å². The molecule has 0 spiro atoms. The summed E-state index contributed by atoms with van der Waals surface area (Å²) in [5.41, 5.74) is 6.19. The molecular weight excluding hydrogens is 228 g/mol. The van der Waals surface area contributed by atoms with Crippen molar-refractivity contribution in [1.29, 1.82) is 0 Å². The zero-order chi connectivity index (χ0) is 13.1. The fourth-order valence-electron chi connectivity index (χ4n) is 2.88. The predicted molar refractivity (Wildman–Crippen MR) is 79.5 cm³/mol. The molecule has 1 rings (SSSR count). The van der Waals surface area contributed by atoms with Crippen molar-refractivity contribution in [1.82, 2.24) is 5.32 Å². The zero-order valence-electron chi connectivity index (χ0n) is 12.1. The molecule has 2 atom stereocenters. The standard InChI is InChI=1S/C14H30N2S/c1-10(2)13(11(3)4)7-16-14(8-15)6-12(5)17-9-14/h10-13,16H,6-9,15H2,1-5H3. The molecule has 2 nitrogen and oxygen atoms in total. The van der Waals surface area contributed by atoms with Gasteiger partial charge in [0.2, 0.25) is 0 Å². The van der Waals surface area contributed by atoms with Crippen molar-refractivity contribution in [2.45, 2.75) is 51.8 Å². The third-order valence-electron chi connectivity index (χ3n) is 4.14. The van der Waals surface area contributed by atoms with Gasteiger partial charge in [0, 0.05) is 23.1 Å². The third-order valence-corrected chi connectivity index (χ3v) is 5.59. The van der Waals surface area contributed by atoms with Crippen LogP contribution in [0.15, 0.2) is 0 Å². The quantitative estimate of drug-likeness (QED) is 0.769. The summed E-state index contributed by atoms with van der Waals surface area (Å²) >= 11 is 2.05. The fourth-order valence-corrected chi connectivity index (χ4v) is 4.26. The van der Waals surface area contributed by atoms with E-state index < -0.39 is 0 Å². The van der Waals surface area contributed by atoms with Crippen LogP contribution in [0.1, 0.15) is 41.0 Å². The summed E-state index contributed by atoms with van der Waals surface area (Å²) in [6, 6.07) is 0. The lowest BCUT2D eigenvalue weighted by molar-refractivity contribution is 0.239. The Morgan fingerprint density at radius 1 is 1.29 bits per heavy atom. The average molecular weight is 258 g/mol. The molecule has 0 radical (unpaired) electrons. The minimum atomic E-state index is 0.201. The van der Waals surface area contributed by atoms with Crippen molar-refractivity contribution >= 4 is 11.8 Å². The highest BCUT2D eigenvalue weighted by Crippen LogP contribution is 2.34. The Morgan fingerprint density at radius 2 is 1.88 bits per heavy atom. The second-order valence-corrected chi connectivity index (χ2v) is 7.77. The first-order valence-electron chi connectivity index (χ1n) is 6.97. The molecule has 1 aliphatic heterocycles. The molecule has 3 N–H and O–H groups in total. The molecule has 17 heavy (non-hydrogen) atoms. The summed E-state index contributed by atoms with van der Waals surface area (Å²) in [6.07, 6.45) is 1.22. The van der Waals surface area contributed by atoms with Gasteiger partial charge >= 0.3 is 0 Å². The van der Waals surface area contributed by atoms with Crippen LogP contribution in [0.5, 0.6) is 0 Å². The van der Waals surface area contributed by atoms with Gasteiger partial charge in [-0.15, -0.1) is 0 Å². The number of rotatable bonds is 6. The molecule has 0 saturated carbocycles. The van der Waals surface area contributed by atoms with Crippen molar-refractivity contribution in [3.63, 3.8) is 0 Å². The maximum absolute atomic E-state index is 5.99. The lowest BCUT2D eigenvalue weighted by Gasteiger charge is -2.33. The second-order valence-electron chi connectivity index (χ2n) is 6.34. The number of hydrogen-bond acceptors (Lipinski definition) is 3. The lowest BCUT2D eigenvalue weighted by atomic mass is 9.84. The van der Waals surface area contributed by atoms with Crippen LogP contribution in [0.4, 0.5) is 0 Å². The highest BCUT2D eigenvalue weighted by molar-refractivity contribution is 8.00. The monoisotopic (exact) mass is 258 g/mol. The number of thioether (sulfide) groups is 1. The Bertz CT molecular complexity index is 222. The first-order valence-corrected chi connectivity index (χ1v) is 8.02. The van der Waals surface area contributed by atoms with E-state index in [1.165, 1.54) is 12.2 Å². The number of nitrogens with two attached hydrogens (primary N) is 1. The Hall–Kier alpha value is 0.270. The normalized spacial score (nSPS) is 29.8. The van der Waals surface area contributed by atoms with Gasteiger partial charge in [0.15, 0.2) is 0 Å². The fraction of sp³-hybridized carbons (Fsp3) is 1.00. The van der Waals surface area contributed by atoms with Crippen LogP contribution in [0.2, 0.25) is 0 Å². The maximum Gasteiger partial charge on any atom is 0.0405 e. The highest BCUT2D eigenvalue weighted by Gasteiger charge is 2.37. The molecule has 1 heterocycles. The highest BCUT2D eigenvalue weighted by atomic mass is 32.2. The number of hydrogen-bond donors (Lipinski definition) is 2. The van der Waals surface area contributed by atoms with Crippen molar-refractivity contribution in [3.8, 4) is 0 Å². The van der Waals surface area contributed by atoms with Crippen LogP contribution >= 0.6 is 11.8 Å². The molecule has 0 aromatic heterocycles. The molecule has 102 valence electrons. The molecule has 0 aromatic rings. The van der Waals surface area contributed by atoms with Crippen LogP contribution in [0.25, 0.3) is 0 Å². The van der Waals surface area contributed by atoms with E-state index in [0.29, 0.717) is 0 Å². The van der Waals surface area contributed by atoms with E-state index in [1.807, 2.05) is 0 Å². The topological polar surface area (TPSA) is 38.0 Å². The second kappa shape index (κ2) is 6.44. The zero-order valence-corrected chi connectivity index (χ0v) is 12.9. The lowest BCUT2D eigenvalue weighted by Crippen LogP contribution is -2.53. The van der Waals surface area contributed by atoms with Crippen LogP contribution in [-0.2, 0) is 0 Å². The van der Waals surface area contributed by atoms with Crippen molar-refractivity contribution in [2.75, 3.05) is 18.8 Å². The van der Waals surface area contributed by atoms with E-state index >= 15 is 0 Å². The molecule has 3 heteroatoms. The largest absolute Gasteiger partial charge is 0.329 e. The van der Waals surface area contributed by atoms with Crippen molar-refractivity contribution in [2.24, 2.45) is 23.5 Å². The SMILES string of the molecule is CC1CC(CN)(NCC(C(C)C)C(C)C)CS1. The van der Waals surface area contributed by atoms with E-state index in [2.05, 4.69) is 51.7 Å². The van der Waals surface area contributed by atoms with Crippen LogP contribution in [-0.4, -0.2) is 29.6 Å². The minimum absolute atomic E-state index is 0.201. The van der Waals surface area contributed by atoms with Gasteiger partial charge in [-0.2, -0.15) is 11.8 Å². The number of nitrogens with one attached hydrogen (secondary N) is 1. The summed E-state index contributed by atoms with van der Waals surface area (Å²) in [7, 11) is 0. The summed E-state index contributed by atoms with van der Waals surface area (Å²) in [5, 5.41) is 4.54. The van der Waals surface area contributed by atoms with Crippen LogP contribution in [0, 0.1) is 17.8 Å². The van der Waals surface area contributed by atoms with Gasteiger partial charge < -0.3 is 11.1 Å². The molecule has 1 aliphatic rings. The van der Waals surface area contributed by atoms with Gasteiger partial charge in [-0.3, -0.25) is 0 Å². The predicted octanol–water partition coefficient (Wildman–Crippen LogP) is 2.73. The Balaban J connectivity index is 2.52. The Labute approximate surface area is 111 Å². The molecule has 0 amide bonds. The smallest absolute Gasteiger partial charge is 0.0405 e. The first kappa shape index (κ1) is 15.3. The minimum Gasteiger partial charge on any atom is -0.329 e. The first-order chi connectivity index (χ1) is 7.90. The van der Waals surface area contributed by atoms with Gasteiger partial charge in [-0.1, -0.05) is 34.6 Å². The van der Waals surface area contributed by atoms with E-state index in [4.69, 9.17) is 5.73 Å². The molecular formula is C14H30N2S. The molecule has 1 fully saturated rings. The van der Waals surface area contributed by atoms with Crippen LogP contribution in [0.3, 0.4) is 0 Å².